The summed E-state index contributed by atoms with van der Waals surface area (Å²) in [5.74, 6) is 0. The molecule has 0 radical (unpaired) electrons. The third kappa shape index (κ3) is 7.42. The number of amides is 1. The first-order valence-corrected chi connectivity index (χ1v) is 12.6. The highest BCUT2D eigenvalue weighted by molar-refractivity contribution is 6.30. The van der Waals surface area contributed by atoms with E-state index >= 15 is 0 Å². The molecule has 0 aliphatic carbocycles. The van der Waals surface area contributed by atoms with Crippen molar-refractivity contribution >= 4 is 36.1 Å². The molecule has 0 aliphatic rings. The largest absolute Gasteiger partial charge is 0.385 e. The van der Waals surface area contributed by atoms with Gasteiger partial charge in [-0.3, -0.25) is 4.79 Å². The first kappa shape index (κ1) is 29.6. The van der Waals surface area contributed by atoms with E-state index in [1.54, 1.807) is 12.1 Å². The van der Waals surface area contributed by atoms with Crippen molar-refractivity contribution in [2.24, 2.45) is 0 Å². The summed E-state index contributed by atoms with van der Waals surface area (Å²) in [6, 6.07) is 27.9. The molecule has 0 saturated heterocycles. The van der Waals surface area contributed by atoms with E-state index in [9.17, 15) is 9.90 Å². The molecule has 1 amide bonds. The first-order chi connectivity index (χ1) is 16.9. The molecule has 1 atom stereocenters. The van der Waals surface area contributed by atoms with Crippen molar-refractivity contribution in [3.8, 4) is 0 Å². The van der Waals surface area contributed by atoms with Gasteiger partial charge < -0.3 is 15.8 Å². The number of rotatable bonds is 14. The van der Waals surface area contributed by atoms with E-state index in [0.717, 1.165) is 35.9 Å². The van der Waals surface area contributed by atoms with Gasteiger partial charge in [-0.25, -0.2) is 0 Å². The molecule has 0 bridgehead atoms. The Bertz CT molecular complexity index is 1040. The normalized spacial score (nSPS) is 12.8. The SMILES string of the molecule is CCC(O)(CCC(=N)CCCC(CNC=O)(c1ccccc1)c1ccccc1)c1ccc(Cl)cc1.Cl. The van der Waals surface area contributed by atoms with Crippen molar-refractivity contribution in [1.82, 2.24) is 5.32 Å². The average Bonchev–Trinajstić information content (AvgIpc) is 2.90. The standard InChI is InChI=1S/C30H35ClN2O2.ClH/c1-2-30(35,26-15-17-27(31)18-16-26)21-19-28(32)14-9-20-29(22-33-23-34,24-10-5-3-6-11-24)25-12-7-4-8-13-25;/h3-8,10-13,15-18,23,32,35H,2,9,14,19-22H2,1H3,(H,33,34);1H. The Hall–Kier alpha value is -2.66. The van der Waals surface area contributed by atoms with Crippen LogP contribution >= 0.6 is 24.0 Å². The Morgan fingerprint density at radius 2 is 1.44 bits per heavy atom. The summed E-state index contributed by atoms with van der Waals surface area (Å²) in [5.41, 5.74) is 2.42. The van der Waals surface area contributed by atoms with E-state index in [4.69, 9.17) is 17.0 Å². The van der Waals surface area contributed by atoms with E-state index in [2.05, 4.69) is 29.6 Å². The number of carbonyl (C=O) groups excluding carboxylic acids is 1. The van der Waals surface area contributed by atoms with Gasteiger partial charge >= 0.3 is 0 Å². The topological polar surface area (TPSA) is 73.2 Å². The van der Waals surface area contributed by atoms with Crippen LogP contribution in [0, 0.1) is 5.41 Å². The third-order valence-electron chi connectivity index (χ3n) is 7.03. The number of benzene rings is 3. The molecule has 6 heteroatoms. The maximum absolute atomic E-state index is 11.3. The molecule has 4 nitrogen and oxygen atoms in total. The van der Waals surface area contributed by atoms with Gasteiger partial charge in [0.1, 0.15) is 0 Å². The quantitative estimate of drug-likeness (QED) is 0.155. The van der Waals surface area contributed by atoms with Gasteiger partial charge in [-0.05, 0) is 67.3 Å². The summed E-state index contributed by atoms with van der Waals surface area (Å²) >= 11 is 6.01. The number of halogens is 2. The molecular weight excluding hydrogens is 491 g/mol. The lowest BCUT2D eigenvalue weighted by atomic mass is 9.70. The zero-order valence-electron chi connectivity index (χ0n) is 20.8. The number of aliphatic hydroxyl groups is 1. The summed E-state index contributed by atoms with van der Waals surface area (Å²) in [5, 5.41) is 23.4. The van der Waals surface area contributed by atoms with Gasteiger partial charge in [0.25, 0.3) is 0 Å². The van der Waals surface area contributed by atoms with E-state index in [1.165, 1.54) is 0 Å². The molecule has 0 spiro atoms. The minimum atomic E-state index is -0.970. The molecule has 0 aliphatic heterocycles. The summed E-state index contributed by atoms with van der Waals surface area (Å²) in [6.45, 7) is 2.45. The van der Waals surface area contributed by atoms with Crippen LogP contribution in [-0.4, -0.2) is 23.8 Å². The lowest BCUT2D eigenvalue weighted by molar-refractivity contribution is -0.109. The zero-order chi connectivity index (χ0) is 25.2. The zero-order valence-corrected chi connectivity index (χ0v) is 22.3. The van der Waals surface area contributed by atoms with Crippen molar-refractivity contribution in [3.05, 3.63) is 107 Å². The minimum Gasteiger partial charge on any atom is -0.385 e. The van der Waals surface area contributed by atoms with Gasteiger partial charge in [0.15, 0.2) is 0 Å². The molecule has 1 unspecified atom stereocenters. The number of nitrogens with one attached hydrogen (secondary N) is 2. The van der Waals surface area contributed by atoms with Crippen molar-refractivity contribution in [3.63, 3.8) is 0 Å². The molecule has 3 N–H and O–H groups in total. The van der Waals surface area contributed by atoms with Crippen LogP contribution in [0.1, 0.15) is 62.1 Å². The van der Waals surface area contributed by atoms with Crippen LogP contribution in [0.5, 0.6) is 0 Å². The molecule has 0 heterocycles. The maximum atomic E-state index is 11.3. The van der Waals surface area contributed by atoms with Crippen molar-refractivity contribution < 1.29 is 9.90 Å². The summed E-state index contributed by atoms with van der Waals surface area (Å²) < 4.78 is 0. The lowest BCUT2D eigenvalue weighted by Crippen LogP contribution is -2.39. The monoisotopic (exact) mass is 526 g/mol. The van der Waals surface area contributed by atoms with Crippen LogP contribution in [0.4, 0.5) is 0 Å². The highest BCUT2D eigenvalue weighted by Crippen LogP contribution is 2.37. The summed E-state index contributed by atoms with van der Waals surface area (Å²) in [4.78, 5) is 11.3. The second-order valence-corrected chi connectivity index (χ2v) is 9.60. The lowest BCUT2D eigenvalue weighted by Gasteiger charge is -2.35. The molecule has 0 aromatic heterocycles. The molecule has 0 saturated carbocycles. The Balaban J connectivity index is 0.00000456. The van der Waals surface area contributed by atoms with E-state index in [1.807, 2.05) is 55.5 Å². The number of carbonyl (C=O) groups is 1. The summed E-state index contributed by atoms with van der Waals surface area (Å²) in [6.07, 6.45) is 4.59. The van der Waals surface area contributed by atoms with Crippen molar-refractivity contribution in [1.29, 1.82) is 5.41 Å². The molecular formula is C30H36Cl2N2O2. The van der Waals surface area contributed by atoms with Gasteiger partial charge in [-0.2, -0.15) is 0 Å². The van der Waals surface area contributed by atoms with Crippen LogP contribution < -0.4 is 5.32 Å². The van der Waals surface area contributed by atoms with Crippen LogP contribution in [-0.2, 0) is 15.8 Å². The minimum absolute atomic E-state index is 0. The molecule has 36 heavy (non-hydrogen) atoms. The second-order valence-electron chi connectivity index (χ2n) is 9.16. The van der Waals surface area contributed by atoms with Gasteiger partial charge in [0.05, 0.1) is 5.60 Å². The second kappa shape index (κ2) is 14.2. The molecule has 192 valence electrons. The predicted octanol–water partition coefficient (Wildman–Crippen LogP) is 7.06. The number of hydrogen-bond donors (Lipinski definition) is 3. The molecule has 0 fully saturated rings. The van der Waals surface area contributed by atoms with Crippen LogP contribution in [0.3, 0.4) is 0 Å². The predicted molar refractivity (Wildman–Crippen MR) is 151 cm³/mol. The van der Waals surface area contributed by atoms with Crippen molar-refractivity contribution in [2.45, 2.75) is 56.5 Å². The fourth-order valence-corrected chi connectivity index (χ4v) is 4.98. The Morgan fingerprint density at radius 3 is 1.94 bits per heavy atom. The third-order valence-corrected chi connectivity index (χ3v) is 7.28. The highest BCUT2D eigenvalue weighted by Gasteiger charge is 2.34. The van der Waals surface area contributed by atoms with Gasteiger partial charge in [-0.15, -0.1) is 12.4 Å². The van der Waals surface area contributed by atoms with E-state index in [0.29, 0.717) is 43.0 Å². The fraction of sp³-hybridized carbons (Fsp3) is 0.333. The summed E-state index contributed by atoms with van der Waals surface area (Å²) in [7, 11) is 0. The maximum Gasteiger partial charge on any atom is 0.207 e. The van der Waals surface area contributed by atoms with Gasteiger partial charge in [0, 0.05) is 22.7 Å². The smallest absolute Gasteiger partial charge is 0.207 e. The average molecular weight is 528 g/mol. The highest BCUT2D eigenvalue weighted by atomic mass is 35.5. The Kier molecular flexibility index (Phi) is 11.6. The first-order valence-electron chi connectivity index (χ1n) is 12.3. The van der Waals surface area contributed by atoms with Crippen molar-refractivity contribution in [2.75, 3.05) is 6.54 Å². The molecule has 3 rings (SSSR count). The van der Waals surface area contributed by atoms with Crippen LogP contribution in [0.2, 0.25) is 5.02 Å². The number of hydrogen-bond acceptors (Lipinski definition) is 3. The Labute approximate surface area is 226 Å². The van der Waals surface area contributed by atoms with Gasteiger partial charge in [0.2, 0.25) is 6.41 Å². The molecule has 3 aromatic rings. The van der Waals surface area contributed by atoms with Crippen LogP contribution in [0.15, 0.2) is 84.9 Å². The Morgan fingerprint density at radius 1 is 0.889 bits per heavy atom. The van der Waals surface area contributed by atoms with Crippen LogP contribution in [0.25, 0.3) is 0 Å². The fourth-order valence-electron chi connectivity index (χ4n) is 4.85. The van der Waals surface area contributed by atoms with E-state index < -0.39 is 5.60 Å². The molecule has 3 aromatic carbocycles. The van der Waals surface area contributed by atoms with E-state index in [-0.39, 0.29) is 17.8 Å². The van der Waals surface area contributed by atoms with Gasteiger partial charge in [-0.1, -0.05) is 91.3 Å².